The van der Waals surface area contributed by atoms with Crippen molar-refractivity contribution < 1.29 is 18.7 Å². The molecule has 0 heterocycles. The smallest absolute Gasteiger partial charge is 0.316 e. The monoisotopic (exact) mass is 317 g/mol. The highest BCUT2D eigenvalue weighted by atomic mass is 19.1. The third-order valence-electron chi connectivity index (χ3n) is 3.09. The van der Waals surface area contributed by atoms with Crippen molar-refractivity contribution in [3.63, 3.8) is 0 Å². The second kappa shape index (κ2) is 7.26. The molecule has 0 bridgehead atoms. The number of anilines is 1. The normalized spacial score (nSPS) is 10.0. The van der Waals surface area contributed by atoms with Gasteiger partial charge in [0.05, 0.1) is 7.11 Å². The summed E-state index contributed by atoms with van der Waals surface area (Å²) in [4.78, 5) is 22.7. The van der Waals surface area contributed by atoms with Crippen LogP contribution in [0.2, 0.25) is 0 Å². The van der Waals surface area contributed by atoms with Gasteiger partial charge in [-0.1, -0.05) is 12.1 Å². The molecule has 0 aromatic heterocycles. The van der Waals surface area contributed by atoms with Crippen LogP contribution < -0.4 is 21.1 Å². The summed E-state index contributed by atoms with van der Waals surface area (Å²) in [6.07, 6.45) is 0. The minimum atomic E-state index is -0.646. The Kier molecular flexibility index (Phi) is 5.14. The molecule has 0 saturated heterocycles. The predicted octanol–water partition coefficient (Wildman–Crippen LogP) is 2.25. The lowest BCUT2D eigenvalue weighted by atomic mass is 10.1. The lowest BCUT2D eigenvalue weighted by Gasteiger charge is -2.08. The molecule has 120 valence electrons. The minimum absolute atomic E-state index is 0.0825. The van der Waals surface area contributed by atoms with Crippen LogP contribution in [0.3, 0.4) is 0 Å². The van der Waals surface area contributed by atoms with Gasteiger partial charge in [0.15, 0.2) is 11.6 Å². The molecule has 0 aliphatic heterocycles. The van der Waals surface area contributed by atoms with E-state index < -0.39 is 17.8 Å². The Morgan fingerprint density at radius 2 is 1.87 bits per heavy atom. The second-order valence-electron chi connectivity index (χ2n) is 4.72. The van der Waals surface area contributed by atoms with Crippen LogP contribution >= 0.6 is 0 Å². The molecule has 23 heavy (non-hydrogen) atoms. The highest BCUT2D eigenvalue weighted by Crippen LogP contribution is 2.17. The van der Waals surface area contributed by atoms with Crippen molar-refractivity contribution in [1.29, 1.82) is 0 Å². The average Bonchev–Trinajstić information content (AvgIpc) is 2.53. The van der Waals surface area contributed by atoms with Crippen LogP contribution in [0.1, 0.15) is 15.9 Å². The summed E-state index contributed by atoms with van der Waals surface area (Å²) in [5.74, 6) is -0.910. The molecule has 2 rings (SSSR count). The molecule has 0 radical (unpaired) electrons. The first kappa shape index (κ1) is 16.3. The van der Waals surface area contributed by atoms with E-state index in [9.17, 15) is 14.0 Å². The van der Waals surface area contributed by atoms with Gasteiger partial charge in [-0.25, -0.2) is 9.18 Å². The van der Waals surface area contributed by atoms with E-state index >= 15 is 0 Å². The highest BCUT2D eigenvalue weighted by molar-refractivity contribution is 5.94. The Hall–Kier alpha value is -3.09. The third kappa shape index (κ3) is 4.44. The number of hydrogen-bond donors (Lipinski definition) is 3. The second-order valence-corrected chi connectivity index (χ2v) is 4.72. The first-order chi connectivity index (χ1) is 11.0. The molecule has 4 N–H and O–H groups in total. The van der Waals surface area contributed by atoms with E-state index in [0.717, 1.165) is 11.6 Å². The third-order valence-corrected chi connectivity index (χ3v) is 3.09. The number of benzene rings is 2. The Morgan fingerprint density at radius 1 is 1.17 bits per heavy atom. The Labute approximate surface area is 132 Å². The molecule has 0 aliphatic carbocycles. The first-order valence-corrected chi connectivity index (χ1v) is 6.76. The zero-order valence-electron chi connectivity index (χ0n) is 12.4. The lowest BCUT2D eigenvalue weighted by molar-refractivity contribution is 0.0950. The number of hydrogen-bond acceptors (Lipinski definition) is 3. The number of ether oxygens (including phenoxy) is 1. The standard InChI is InChI=1S/C16H16FN3O3/c1-23-14-7-4-11(8-13(14)17)15(21)19-9-10-2-5-12(6-3-10)20-16(18)22/h2-8H,9H2,1H3,(H,19,21)(H3,18,20,22). The summed E-state index contributed by atoms with van der Waals surface area (Å²) >= 11 is 0. The lowest BCUT2D eigenvalue weighted by Crippen LogP contribution is -2.23. The maximum atomic E-state index is 13.6. The summed E-state index contributed by atoms with van der Waals surface area (Å²) in [6, 6.07) is 10.2. The van der Waals surface area contributed by atoms with Crippen LogP contribution in [0.15, 0.2) is 42.5 Å². The van der Waals surface area contributed by atoms with Crippen LogP contribution in [0.25, 0.3) is 0 Å². The van der Waals surface area contributed by atoms with Crippen LogP contribution in [0, 0.1) is 5.82 Å². The molecule has 3 amide bonds. The van der Waals surface area contributed by atoms with Gasteiger partial charge < -0.3 is 21.1 Å². The van der Waals surface area contributed by atoms with E-state index in [1.165, 1.54) is 19.2 Å². The van der Waals surface area contributed by atoms with Crippen molar-refractivity contribution in [1.82, 2.24) is 5.32 Å². The number of amides is 3. The molecule has 0 fully saturated rings. The van der Waals surface area contributed by atoms with Crippen LogP contribution in [0.5, 0.6) is 5.75 Å². The number of methoxy groups -OCH3 is 1. The van der Waals surface area contributed by atoms with Crippen LogP contribution in [-0.4, -0.2) is 19.0 Å². The van der Waals surface area contributed by atoms with E-state index in [1.54, 1.807) is 24.3 Å². The molecule has 2 aromatic carbocycles. The summed E-state index contributed by atoms with van der Waals surface area (Å²) in [7, 11) is 1.36. The van der Waals surface area contributed by atoms with Crippen LogP contribution in [0.4, 0.5) is 14.9 Å². The quantitative estimate of drug-likeness (QED) is 0.789. The summed E-state index contributed by atoms with van der Waals surface area (Å²) in [6.45, 7) is 0.267. The zero-order chi connectivity index (χ0) is 16.8. The van der Waals surface area contributed by atoms with Gasteiger partial charge in [-0.05, 0) is 35.9 Å². The number of carbonyl (C=O) groups is 2. The topological polar surface area (TPSA) is 93.4 Å². The van der Waals surface area contributed by atoms with Gasteiger partial charge in [0.2, 0.25) is 0 Å². The van der Waals surface area contributed by atoms with Gasteiger partial charge in [0.1, 0.15) is 0 Å². The van der Waals surface area contributed by atoms with Gasteiger partial charge in [-0.15, -0.1) is 0 Å². The minimum Gasteiger partial charge on any atom is -0.494 e. The number of primary amides is 1. The summed E-state index contributed by atoms with van der Waals surface area (Å²) in [5, 5.41) is 5.12. The van der Waals surface area contributed by atoms with E-state index in [4.69, 9.17) is 10.5 Å². The van der Waals surface area contributed by atoms with Gasteiger partial charge in [0, 0.05) is 17.8 Å². The first-order valence-electron chi connectivity index (χ1n) is 6.76. The maximum Gasteiger partial charge on any atom is 0.316 e. The average molecular weight is 317 g/mol. The molecular weight excluding hydrogens is 301 g/mol. The fourth-order valence-corrected chi connectivity index (χ4v) is 1.94. The van der Waals surface area contributed by atoms with Crippen molar-refractivity contribution >= 4 is 17.6 Å². The summed E-state index contributed by atoms with van der Waals surface area (Å²) < 4.78 is 18.4. The van der Waals surface area contributed by atoms with Crippen molar-refractivity contribution in [3.05, 3.63) is 59.4 Å². The molecule has 6 nitrogen and oxygen atoms in total. The van der Waals surface area contributed by atoms with E-state index in [0.29, 0.717) is 5.69 Å². The molecule has 0 aliphatic rings. The van der Waals surface area contributed by atoms with Gasteiger partial charge in [-0.3, -0.25) is 4.79 Å². The van der Waals surface area contributed by atoms with Gasteiger partial charge >= 0.3 is 6.03 Å². The SMILES string of the molecule is COc1ccc(C(=O)NCc2ccc(NC(N)=O)cc2)cc1F. The van der Waals surface area contributed by atoms with E-state index in [-0.39, 0.29) is 17.9 Å². The Bertz CT molecular complexity index is 717. The van der Waals surface area contributed by atoms with Crippen molar-refractivity contribution in [3.8, 4) is 5.75 Å². The number of nitrogens with two attached hydrogens (primary N) is 1. The molecule has 2 aromatic rings. The number of halogens is 1. The van der Waals surface area contributed by atoms with Gasteiger partial charge in [-0.2, -0.15) is 0 Å². The fourth-order valence-electron chi connectivity index (χ4n) is 1.94. The predicted molar refractivity (Wildman–Crippen MR) is 83.8 cm³/mol. The van der Waals surface area contributed by atoms with E-state index in [2.05, 4.69) is 10.6 Å². The number of rotatable bonds is 5. The van der Waals surface area contributed by atoms with Crippen molar-refractivity contribution in [2.75, 3.05) is 12.4 Å². The molecule has 0 atom stereocenters. The molecule has 7 heteroatoms. The molecule has 0 spiro atoms. The number of urea groups is 1. The molecule has 0 unspecified atom stereocenters. The van der Waals surface area contributed by atoms with E-state index in [1.807, 2.05) is 0 Å². The number of nitrogens with one attached hydrogen (secondary N) is 2. The Balaban J connectivity index is 1.96. The summed E-state index contributed by atoms with van der Waals surface area (Å²) in [5.41, 5.74) is 6.60. The van der Waals surface area contributed by atoms with Crippen molar-refractivity contribution in [2.45, 2.75) is 6.54 Å². The highest BCUT2D eigenvalue weighted by Gasteiger charge is 2.09. The van der Waals surface area contributed by atoms with Crippen molar-refractivity contribution in [2.24, 2.45) is 5.73 Å². The number of carbonyl (C=O) groups excluding carboxylic acids is 2. The molecular formula is C16H16FN3O3. The zero-order valence-corrected chi connectivity index (χ0v) is 12.4. The fraction of sp³-hybridized carbons (Fsp3) is 0.125. The largest absolute Gasteiger partial charge is 0.494 e. The Morgan fingerprint density at radius 3 is 2.43 bits per heavy atom. The van der Waals surface area contributed by atoms with Crippen LogP contribution in [-0.2, 0) is 6.54 Å². The van der Waals surface area contributed by atoms with Gasteiger partial charge in [0.25, 0.3) is 5.91 Å². The maximum absolute atomic E-state index is 13.6. The molecule has 0 saturated carbocycles.